The number of carbonyl (C=O) groups is 2. The van der Waals surface area contributed by atoms with E-state index in [2.05, 4.69) is 0 Å². The van der Waals surface area contributed by atoms with E-state index < -0.39 is 29.2 Å². The van der Waals surface area contributed by atoms with Gasteiger partial charge in [-0.25, -0.2) is 4.79 Å². The van der Waals surface area contributed by atoms with Crippen molar-refractivity contribution in [2.75, 3.05) is 26.2 Å². The van der Waals surface area contributed by atoms with Gasteiger partial charge in [0.1, 0.15) is 11.4 Å². The van der Waals surface area contributed by atoms with E-state index in [0.29, 0.717) is 44.6 Å². The van der Waals surface area contributed by atoms with E-state index >= 15 is 0 Å². The Balaban J connectivity index is 1.66. The van der Waals surface area contributed by atoms with Crippen molar-refractivity contribution < 1.29 is 37.0 Å². The maximum absolute atomic E-state index is 13.4. The lowest BCUT2D eigenvalue weighted by molar-refractivity contribution is -0.154. The summed E-state index contributed by atoms with van der Waals surface area (Å²) in [6.45, 7) is 7.74. The van der Waals surface area contributed by atoms with E-state index in [1.54, 1.807) is 25.7 Å². The summed E-state index contributed by atoms with van der Waals surface area (Å²) >= 11 is 0. The Morgan fingerprint density at radius 1 is 1.10 bits per heavy atom. The summed E-state index contributed by atoms with van der Waals surface area (Å²) in [5, 5.41) is 0. The standard InChI is InChI=1S/C21H27F3N2O5/c1-19(2,3)31-18(28)26-8-6-25(7-9-26)13-15-10-16(21(22,23)24)12-17(11-15)30-20(4-5-20)29-14-27/h10-12,14H,4-9,13H2,1-3H3. The summed E-state index contributed by atoms with van der Waals surface area (Å²) in [6, 6.07) is 3.54. The van der Waals surface area contributed by atoms with Crippen molar-refractivity contribution in [2.24, 2.45) is 0 Å². The van der Waals surface area contributed by atoms with Crippen LogP contribution in [-0.2, 0) is 27.0 Å². The lowest BCUT2D eigenvalue weighted by Crippen LogP contribution is -2.49. The molecule has 7 nitrogen and oxygen atoms in total. The normalized spacial score (nSPS) is 19.0. The first-order chi connectivity index (χ1) is 14.4. The maximum atomic E-state index is 13.4. The van der Waals surface area contributed by atoms with Crippen molar-refractivity contribution in [1.29, 1.82) is 0 Å². The molecule has 172 valence electrons. The molecule has 0 spiro atoms. The second-order valence-electron chi connectivity index (χ2n) is 8.83. The van der Waals surface area contributed by atoms with Crippen LogP contribution in [0, 0.1) is 0 Å². The van der Waals surface area contributed by atoms with Crippen molar-refractivity contribution >= 4 is 12.6 Å². The largest absolute Gasteiger partial charge is 0.452 e. The minimum Gasteiger partial charge on any atom is -0.452 e. The molecule has 0 bridgehead atoms. The summed E-state index contributed by atoms with van der Waals surface area (Å²) in [6.07, 6.45) is -4.06. The molecule has 1 aliphatic heterocycles. The van der Waals surface area contributed by atoms with E-state index in [1.807, 2.05) is 4.90 Å². The van der Waals surface area contributed by atoms with E-state index in [0.717, 1.165) is 12.1 Å². The minimum absolute atomic E-state index is 0.0107. The Labute approximate surface area is 179 Å². The van der Waals surface area contributed by atoms with Crippen LogP contribution in [0.2, 0.25) is 0 Å². The molecule has 0 N–H and O–H groups in total. The van der Waals surface area contributed by atoms with Gasteiger partial charge in [-0.05, 0) is 44.5 Å². The SMILES string of the molecule is CC(C)(C)OC(=O)N1CCN(Cc2cc(OC3(OC=O)CC3)cc(C(F)(F)F)c2)CC1. The summed E-state index contributed by atoms with van der Waals surface area (Å²) in [5.41, 5.74) is -0.985. The van der Waals surface area contributed by atoms with Gasteiger partial charge in [0.2, 0.25) is 0 Å². The summed E-state index contributed by atoms with van der Waals surface area (Å²) in [4.78, 5) is 26.4. The van der Waals surface area contributed by atoms with Crippen molar-refractivity contribution in [3.63, 3.8) is 0 Å². The van der Waals surface area contributed by atoms with Gasteiger partial charge in [-0.2, -0.15) is 13.2 Å². The Bertz CT molecular complexity index is 810. The smallest absolute Gasteiger partial charge is 0.416 e. The highest BCUT2D eigenvalue weighted by molar-refractivity contribution is 5.68. The number of halogens is 3. The molecule has 1 aromatic rings. The topological polar surface area (TPSA) is 68.3 Å². The van der Waals surface area contributed by atoms with Crippen LogP contribution >= 0.6 is 0 Å². The van der Waals surface area contributed by atoms with E-state index in [4.69, 9.17) is 14.2 Å². The first-order valence-electron chi connectivity index (χ1n) is 10.1. The number of carbonyl (C=O) groups excluding carboxylic acids is 2. The van der Waals surface area contributed by atoms with Gasteiger partial charge < -0.3 is 19.1 Å². The fraction of sp³-hybridized carbons (Fsp3) is 0.619. The Morgan fingerprint density at radius 2 is 1.74 bits per heavy atom. The molecule has 1 aliphatic carbocycles. The third-order valence-electron chi connectivity index (χ3n) is 4.95. The Hall–Kier alpha value is -2.49. The number of ether oxygens (including phenoxy) is 3. The highest BCUT2D eigenvalue weighted by Crippen LogP contribution is 2.42. The molecule has 2 fully saturated rings. The fourth-order valence-electron chi connectivity index (χ4n) is 3.30. The van der Waals surface area contributed by atoms with Gasteiger partial charge >= 0.3 is 12.3 Å². The lowest BCUT2D eigenvalue weighted by Gasteiger charge is -2.35. The quantitative estimate of drug-likeness (QED) is 0.491. The van der Waals surface area contributed by atoms with Gasteiger partial charge in [0.25, 0.3) is 12.3 Å². The van der Waals surface area contributed by atoms with Crippen LogP contribution in [0.15, 0.2) is 18.2 Å². The molecule has 1 aromatic carbocycles. The summed E-state index contributed by atoms with van der Waals surface area (Å²) in [5.74, 6) is -1.15. The van der Waals surface area contributed by atoms with Gasteiger partial charge in [-0.3, -0.25) is 9.69 Å². The predicted molar refractivity (Wildman–Crippen MR) is 104 cm³/mol. The van der Waals surface area contributed by atoms with Crippen LogP contribution in [0.1, 0.15) is 44.7 Å². The molecular formula is C21H27F3N2O5. The molecule has 1 heterocycles. The van der Waals surface area contributed by atoms with Gasteiger partial charge in [0.15, 0.2) is 0 Å². The molecular weight excluding hydrogens is 417 g/mol. The number of nitrogens with zero attached hydrogens (tertiary/aromatic N) is 2. The number of rotatable bonds is 6. The first-order valence-corrected chi connectivity index (χ1v) is 10.1. The maximum Gasteiger partial charge on any atom is 0.416 e. The second-order valence-corrected chi connectivity index (χ2v) is 8.83. The molecule has 0 unspecified atom stereocenters. The molecule has 1 saturated heterocycles. The Morgan fingerprint density at radius 3 is 2.26 bits per heavy atom. The molecule has 1 saturated carbocycles. The third-order valence-corrected chi connectivity index (χ3v) is 4.95. The molecule has 0 radical (unpaired) electrons. The van der Waals surface area contributed by atoms with Crippen LogP contribution in [0.4, 0.5) is 18.0 Å². The minimum atomic E-state index is -4.54. The van der Waals surface area contributed by atoms with Crippen LogP contribution in [0.25, 0.3) is 0 Å². The molecule has 1 amide bonds. The van der Waals surface area contributed by atoms with Crippen LogP contribution in [0.3, 0.4) is 0 Å². The lowest BCUT2D eigenvalue weighted by atomic mass is 10.1. The van der Waals surface area contributed by atoms with E-state index in [9.17, 15) is 22.8 Å². The van der Waals surface area contributed by atoms with Crippen LogP contribution in [-0.4, -0.2) is 59.9 Å². The van der Waals surface area contributed by atoms with Crippen molar-refractivity contribution in [2.45, 2.75) is 57.7 Å². The highest BCUT2D eigenvalue weighted by Gasteiger charge is 2.49. The number of benzene rings is 1. The van der Waals surface area contributed by atoms with E-state index in [1.165, 1.54) is 6.07 Å². The zero-order chi connectivity index (χ0) is 22.9. The summed E-state index contributed by atoms with van der Waals surface area (Å²) < 4.78 is 56.0. The van der Waals surface area contributed by atoms with Crippen LogP contribution in [0.5, 0.6) is 5.75 Å². The molecule has 0 aromatic heterocycles. The third kappa shape index (κ3) is 6.49. The highest BCUT2D eigenvalue weighted by atomic mass is 19.4. The van der Waals surface area contributed by atoms with Gasteiger partial charge in [0.05, 0.1) is 5.56 Å². The van der Waals surface area contributed by atoms with E-state index in [-0.39, 0.29) is 18.8 Å². The Kier molecular flexibility index (Phi) is 6.40. The van der Waals surface area contributed by atoms with Crippen molar-refractivity contribution in [3.8, 4) is 5.75 Å². The number of amides is 1. The number of hydrogen-bond donors (Lipinski definition) is 0. The molecule has 2 aliphatic rings. The first kappa shape index (κ1) is 23.2. The zero-order valence-corrected chi connectivity index (χ0v) is 17.8. The summed E-state index contributed by atoms with van der Waals surface area (Å²) in [7, 11) is 0. The van der Waals surface area contributed by atoms with Crippen molar-refractivity contribution in [1.82, 2.24) is 9.80 Å². The average Bonchev–Trinajstić information content (AvgIpc) is 3.39. The van der Waals surface area contributed by atoms with Gasteiger partial charge in [-0.15, -0.1) is 0 Å². The molecule has 10 heteroatoms. The van der Waals surface area contributed by atoms with Crippen molar-refractivity contribution in [3.05, 3.63) is 29.3 Å². The molecule has 31 heavy (non-hydrogen) atoms. The van der Waals surface area contributed by atoms with Gasteiger partial charge in [-0.1, -0.05) is 0 Å². The molecule has 3 rings (SSSR count). The fourth-order valence-corrected chi connectivity index (χ4v) is 3.30. The van der Waals surface area contributed by atoms with Crippen LogP contribution < -0.4 is 4.74 Å². The zero-order valence-electron chi connectivity index (χ0n) is 17.8. The number of alkyl halides is 3. The average molecular weight is 444 g/mol. The monoisotopic (exact) mass is 444 g/mol. The van der Waals surface area contributed by atoms with Gasteiger partial charge in [0, 0.05) is 45.6 Å². The predicted octanol–water partition coefficient (Wildman–Crippen LogP) is 3.80. The molecule has 0 atom stereocenters. The number of hydrogen-bond acceptors (Lipinski definition) is 6. The second kappa shape index (κ2) is 8.57. The number of piperazine rings is 1.